The van der Waals surface area contributed by atoms with Gasteiger partial charge in [0.15, 0.2) is 0 Å². The lowest BCUT2D eigenvalue weighted by atomic mass is 9.88. The molecule has 0 aliphatic carbocycles. The van der Waals surface area contributed by atoms with E-state index in [0.717, 1.165) is 32.6 Å². The van der Waals surface area contributed by atoms with E-state index in [-0.39, 0.29) is 36.7 Å². The van der Waals surface area contributed by atoms with E-state index in [2.05, 4.69) is 38.6 Å². The minimum absolute atomic E-state index is 0.0337. The third kappa shape index (κ3) is 3.32. The molecule has 6 unspecified atom stereocenters. The molecular weight excluding hydrogens is 339 g/mol. The van der Waals surface area contributed by atoms with Crippen molar-refractivity contribution >= 4 is 5.91 Å². The molecule has 3 saturated heterocycles. The summed E-state index contributed by atoms with van der Waals surface area (Å²) in [5.41, 5.74) is 9.09. The van der Waals surface area contributed by atoms with Crippen molar-refractivity contribution in [3.8, 4) is 0 Å². The van der Waals surface area contributed by atoms with Crippen molar-refractivity contribution in [2.75, 3.05) is 39.8 Å². The Labute approximate surface area is 152 Å². The molecule has 0 spiro atoms. The van der Waals surface area contributed by atoms with Crippen molar-refractivity contribution in [1.29, 1.82) is 0 Å². The van der Waals surface area contributed by atoms with Crippen LogP contribution in [0, 0.1) is 11.8 Å². The van der Waals surface area contributed by atoms with Crippen LogP contribution in [-0.2, 0) is 4.79 Å². The van der Waals surface area contributed by atoms with Crippen molar-refractivity contribution in [3.05, 3.63) is 12.0 Å². The second kappa shape index (κ2) is 7.37. The number of amides is 1. The zero-order valence-corrected chi connectivity index (χ0v) is 15.0. The van der Waals surface area contributed by atoms with Gasteiger partial charge in [-0.25, -0.2) is 9.82 Å². The third-order valence-corrected chi connectivity index (χ3v) is 5.95. The molecule has 0 saturated carbocycles. The molecule has 10 heteroatoms. The van der Waals surface area contributed by atoms with Crippen molar-refractivity contribution in [2.24, 2.45) is 17.6 Å². The van der Waals surface area contributed by atoms with Crippen LogP contribution in [-0.4, -0.2) is 80.1 Å². The number of likely N-dealkylation sites (N-methyl/N-ethyl adjacent to an activating group) is 1. The number of nitrogens with zero attached hydrogens (tertiary/aromatic N) is 2. The van der Waals surface area contributed by atoms with Gasteiger partial charge in [-0.15, -0.1) is 0 Å². The van der Waals surface area contributed by atoms with Crippen LogP contribution in [0.2, 0.25) is 0 Å². The van der Waals surface area contributed by atoms with Gasteiger partial charge in [0.25, 0.3) is 0 Å². The van der Waals surface area contributed by atoms with Crippen LogP contribution in [0.4, 0.5) is 4.39 Å². The molecule has 1 amide bonds. The molecule has 0 bridgehead atoms. The summed E-state index contributed by atoms with van der Waals surface area (Å²) >= 11 is 0. The number of nitrogens with two attached hydrogens (primary N) is 1. The van der Waals surface area contributed by atoms with Crippen LogP contribution >= 0.6 is 0 Å². The SMILES string of the molecule is CN1CCNC1C1CCNCC1NC(=O)C1C(N)NN2C=C(F)CNC12. The Kier molecular flexibility index (Phi) is 5.13. The average molecular weight is 368 g/mol. The molecule has 9 nitrogen and oxygen atoms in total. The first-order valence-electron chi connectivity index (χ1n) is 9.39. The Bertz CT molecular complexity index is 574. The number of fused-ring (bicyclic) bond motifs is 1. The number of hydrazine groups is 1. The van der Waals surface area contributed by atoms with Crippen LogP contribution in [0.5, 0.6) is 0 Å². The Balaban J connectivity index is 1.44. The van der Waals surface area contributed by atoms with E-state index >= 15 is 0 Å². The number of nitrogens with one attached hydrogen (secondary N) is 5. The van der Waals surface area contributed by atoms with Gasteiger partial charge >= 0.3 is 0 Å². The van der Waals surface area contributed by atoms with Gasteiger partial charge in [0, 0.05) is 31.6 Å². The van der Waals surface area contributed by atoms with Crippen molar-refractivity contribution < 1.29 is 9.18 Å². The lowest BCUT2D eigenvalue weighted by Gasteiger charge is -2.39. The summed E-state index contributed by atoms with van der Waals surface area (Å²) in [5, 5.41) is 14.8. The first kappa shape index (κ1) is 18.1. The monoisotopic (exact) mass is 368 g/mol. The van der Waals surface area contributed by atoms with E-state index in [9.17, 15) is 9.18 Å². The quantitative estimate of drug-likeness (QED) is 0.322. The first-order chi connectivity index (χ1) is 12.5. The molecule has 4 heterocycles. The number of hydrogen-bond donors (Lipinski definition) is 6. The van der Waals surface area contributed by atoms with Gasteiger partial charge in [0.1, 0.15) is 17.9 Å². The largest absolute Gasteiger partial charge is 0.351 e. The van der Waals surface area contributed by atoms with Gasteiger partial charge in [-0.2, -0.15) is 0 Å². The van der Waals surface area contributed by atoms with Crippen LogP contribution in [0.3, 0.4) is 0 Å². The third-order valence-electron chi connectivity index (χ3n) is 5.95. The molecule has 4 aliphatic heterocycles. The molecule has 6 atom stereocenters. The average Bonchev–Trinajstić information content (AvgIpc) is 3.17. The summed E-state index contributed by atoms with van der Waals surface area (Å²) in [5.74, 6) is -0.531. The van der Waals surface area contributed by atoms with Crippen LogP contribution in [0.15, 0.2) is 12.0 Å². The maximum atomic E-state index is 13.5. The molecule has 3 fully saturated rings. The van der Waals surface area contributed by atoms with E-state index < -0.39 is 12.1 Å². The highest BCUT2D eigenvalue weighted by Crippen LogP contribution is 2.25. The smallest absolute Gasteiger partial charge is 0.229 e. The van der Waals surface area contributed by atoms with Gasteiger partial charge in [-0.1, -0.05) is 0 Å². The van der Waals surface area contributed by atoms with Crippen molar-refractivity contribution in [3.63, 3.8) is 0 Å². The minimum Gasteiger partial charge on any atom is -0.351 e. The normalized spacial score (nSPS) is 41.0. The zero-order chi connectivity index (χ0) is 18.3. The lowest BCUT2D eigenvalue weighted by molar-refractivity contribution is -0.127. The summed E-state index contributed by atoms with van der Waals surface area (Å²) in [7, 11) is 2.12. The van der Waals surface area contributed by atoms with Gasteiger partial charge < -0.3 is 21.7 Å². The minimum atomic E-state index is -0.558. The van der Waals surface area contributed by atoms with Gasteiger partial charge in [-0.3, -0.25) is 20.0 Å². The summed E-state index contributed by atoms with van der Waals surface area (Å²) in [6, 6.07) is 0.0337. The molecule has 0 radical (unpaired) electrons. The Hall–Kier alpha value is -1.30. The lowest BCUT2D eigenvalue weighted by Crippen LogP contribution is -2.61. The number of halogens is 1. The van der Waals surface area contributed by atoms with Crippen LogP contribution in [0.1, 0.15) is 6.42 Å². The maximum absolute atomic E-state index is 13.5. The van der Waals surface area contributed by atoms with E-state index in [1.165, 1.54) is 6.20 Å². The maximum Gasteiger partial charge on any atom is 0.229 e. The van der Waals surface area contributed by atoms with Gasteiger partial charge in [-0.05, 0) is 20.0 Å². The number of carbonyl (C=O) groups excluding carboxylic acids is 1. The number of rotatable bonds is 3. The number of hydrogen-bond acceptors (Lipinski definition) is 8. The highest BCUT2D eigenvalue weighted by atomic mass is 19.1. The van der Waals surface area contributed by atoms with Crippen molar-refractivity contribution in [2.45, 2.75) is 31.0 Å². The molecular formula is C16H29FN8O. The molecule has 26 heavy (non-hydrogen) atoms. The van der Waals surface area contributed by atoms with Gasteiger partial charge in [0.05, 0.1) is 25.1 Å². The number of piperidine rings is 1. The van der Waals surface area contributed by atoms with E-state index in [0.29, 0.717) is 5.92 Å². The van der Waals surface area contributed by atoms with E-state index in [1.54, 1.807) is 5.01 Å². The standard InChI is InChI=1S/C16H29FN8O/c1-24-5-4-20-14(24)10-2-3-19-7-11(10)22-16(26)12-13(18)23-25-8-9(17)6-21-15(12)25/h8,10-15,19-21,23H,2-7,18H2,1H3,(H,22,26). The molecule has 7 N–H and O–H groups in total. The van der Waals surface area contributed by atoms with E-state index in [1.807, 2.05) is 0 Å². The highest BCUT2D eigenvalue weighted by molar-refractivity contribution is 5.81. The Morgan fingerprint density at radius 3 is 2.96 bits per heavy atom. The van der Waals surface area contributed by atoms with Crippen LogP contribution in [0.25, 0.3) is 0 Å². The first-order valence-corrected chi connectivity index (χ1v) is 9.39. The number of carbonyl (C=O) groups is 1. The summed E-state index contributed by atoms with van der Waals surface area (Å²) in [4.78, 5) is 15.3. The second-order valence-corrected chi connectivity index (χ2v) is 7.64. The van der Waals surface area contributed by atoms with Crippen LogP contribution < -0.4 is 32.4 Å². The molecule has 146 valence electrons. The summed E-state index contributed by atoms with van der Waals surface area (Å²) in [6.45, 7) is 3.81. The Morgan fingerprint density at radius 2 is 2.19 bits per heavy atom. The van der Waals surface area contributed by atoms with Crippen molar-refractivity contribution in [1.82, 2.24) is 36.6 Å². The fourth-order valence-electron chi connectivity index (χ4n) is 4.61. The predicted molar refractivity (Wildman–Crippen MR) is 94.7 cm³/mol. The summed E-state index contributed by atoms with van der Waals surface area (Å²) < 4.78 is 13.5. The fourth-order valence-corrected chi connectivity index (χ4v) is 4.61. The van der Waals surface area contributed by atoms with Gasteiger partial charge in [0.2, 0.25) is 5.91 Å². The predicted octanol–water partition coefficient (Wildman–Crippen LogP) is -2.60. The Morgan fingerprint density at radius 1 is 1.35 bits per heavy atom. The second-order valence-electron chi connectivity index (χ2n) is 7.64. The molecule has 0 aromatic heterocycles. The zero-order valence-electron chi connectivity index (χ0n) is 15.0. The fraction of sp³-hybridized carbons (Fsp3) is 0.812. The molecule has 0 aromatic rings. The molecule has 0 aromatic carbocycles. The molecule has 4 rings (SSSR count). The highest BCUT2D eigenvalue weighted by Gasteiger charge is 2.46. The molecule has 4 aliphatic rings. The summed E-state index contributed by atoms with van der Waals surface area (Å²) in [6.07, 6.45) is 1.75. The van der Waals surface area contributed by atoms with E-state index in [4.69, 9.17) is 5.73 Å². The topological polar surface area (TPSA) is 110 Å².